The fraction of sp³-hybridized carbons (Fsp3) is 0.389. The second-order valence-corrected chi connectivity index (χ2v) is 6.96. The largest absolute Gasteiger partial charge is 0.497 e. The van der Waals surface area contributed by atoms with Gasteiger partial charge in [0.2, 0.25) is 5.89 Å². The highest BCUT2D eigenvalue weighted by atomic mass is 32.2. The van der Waals surface area contributed by atoms with Crippen molar-refractivity contribution in [2.75, 3.05) is 7.11 Å². The number of oxazole rings is 1. The van der Waals surface area contributed by atoms with Crippen LogP contribution in [-0.2, 0) is 12.3 Å². The third-order valence-electron chi connectivity index (χ3n) is 4.24. The van der Waals surface area contributed by atoms with Crippen LogP contribution in [-0.4, -0.2) is 26.9 Å². The zero-order valence-corrected chi connectivity index (χ0v) is 15.1. The summed E-state index contributed by atoms with van der Waals surface area (Å²) < 4.78 is 13.0. The van der Waals surface area contributed by atoms with Crippen molar-refractivity contribution in [1.29, 1.82) is 0 Å². The molecule has 1 fully saturated rings. The van der Waals surface area contributed by atoms with Crippen molar-refractivity contribution in [3.63, 3.8) is 0 Å². The van der Waals surface area contributed by atoms with Gasteiger partial charge in [-0.1, -0.05) is 11.8 Å². The average molecular weight is 356 g/mol. The maximum atomic E-state index is 5.61. The summed E-state index contributed by atoms with van der Waals surface area (Å²) in [4.78, 5) is 4.58. The fourth-order valence-corrected chi connectivity index (χ4v) is 3.61. The van der Waals surface area contributed by atoms with E-state index in [1.165, 1.54) is 12.8 Å². The molecular formula is C18H20N4O2S. The van der Waals surface area contributed by atoms with Crippen LogP contribution in [0.2, 0.25) is 0 Å². The second-order valence-electron chi connectivity index (χ2n) is 6.02. The number of methoxy groups -OCH3 is 1. The third kappa shape index (κ3) is 3.42. The lowest BCUT2D eigenvalue weighted by Crippen LogP contribution is -2.02. The Kier molecular flexibility index (Phi) is 4.48. The highest BCUT2D eigenvalue weighted by Crippen LogP contribution is 2.40. The van der Waals surface area contributed by atoms with Crippen LogP contribution in [0.5, 0.6) is 5.75 Å². The number of nitrogens with zero attached hydrogens (tertiary/aromatic N) is 4. The molecule has 0 saturated heterocycles. The molecule has 3 aromatic rings. The van der Waals surface area contributed by atoms with Gasteiger partial charge in [-0.25, -0.2) is 4.98 Å². The standard InChI is InChI=1S/C18H20N4O2S/c1-3-22-16(12-4-5-12)20-21-18(22)25-11-14-10-24-17(19-14)13-6-8-15(23-2)9-7-13/h6-10,12H,3-5,11H2,1-2H3. The molecule has 0 unspecified atom stereocenters. The van der Waals surface area contributed by atoms with E-state index in [2.05, 4.69) is 26.7 Å². The molecule has 1 aliphatic rings. The van der Waals surface area contributed by atoms with Crippen LogP contribution in [0.3, 0.4) is 0 Å². The number of benzene rings is 1. The maximum absolute atomic E-state index is 5.61. The van der Waals surface area contributed by atoms with Gasteiger partial charge >= 0.3 is 0 Å². The van der Waals surface area contributed by atoms with E-state index in [1.54, 1.807) is 25.1 Å². The van der Waals surface area contributed by atoms with E-state index in [9.17, 15) is 0 Å². The van der Waals surface area contributed by atoms with E-state index in [1.807, 2.05) is 24.3 Å². The molecule has 25 heavy (non-hydrogen) atoms. The smallest absolute Gasteiger partial charge is 0.226 e. The second kappa shape index (κ2) is 6.92. The van der Waals surface area contributed by atoms with Crippen molar-refractivity contribution in [2.24, 2.45) is 0 Å². The minimum atomic E-state index is 0.607. The highest BCUT2D eigenvalue weighted by Gasteiger charge is 2.30. The lowest BCUT2D eigenvalue weighted by atomic mass is 10.2. The molecule has 1 saturated carbocycles. The van der Waals surface area contributed by atoms with Gasteiger partial charge in [0.15, 0.2) is 5.16 Å². The first kappa shape index (κ1) is 16.2. The minimum Gasteiger partial charge on any atom is -0.497 e. The summed E-state index contributed by atoms with van der Waals surface area (Å²) >= 11 is 1.65. The molecule has 0 N–H and O–H groups in total. The van der Waals surface area contributed by atoms with Crippen molar-refractivity contribution in [3.8, 4) is 17.2 Å². The fourth-order valence-electron chi connectivity index (χ4n) is 2.73. The molecule has 0 radical (unpaired) electrons. The van der Waals surface area contributed by atoms with Crippen molar-refractivity contribution in [3.05, 3.63) is 42.0 Å². The number of thioether (sulfide) groups is 1. The Balaban J connectivity index is 1.44. The van der Waals surface area contributed by atoms with E-state index in [4.69, 9.17) is 9.15 Å². The van der Waals surface area contributed by atoms with Gasteiger partial charge in [0.25, 0.3) is 0 Å². The number of aromatic nitrogens is 4. The zero-order valence-electron chi connectivity index (χ0n) is 14.3. The van der Waals surface area contributed by atoms with Crippen LogP contribution >= 0.6 is 11.8 Å². The summed E-state index contributed by atoms with van der Waals surface area (Å²) in [6.45, 7) is 3.04. The summed E-state index contributed by atoms with van der Waals surface area (Å²) in [6, 6.07) is 7.68. The molecule has 7 heteroatoms. The molecule has 0 spiro atoms. The summed E-state index contributed by atoms with van der Waals surface area (Å²) in [7, 11) is 1.65. The first-order chi connectivity index (χ1) is 12.3. The van der Waals surface area contributed by atoms with Crippen LogP contribution in [0, 0.1) is 0 Å². The van der Waals surface area contributed by atoms with E-state index in [0.717, 1.165) is 34.5 Å². The highest BCUT2D eigenvalue weighted by molar-refractivity contribution is 7.98. The summed E-state index contributed by atoms with van der Waals surface area (Å²) in [5, 5.41) is 9.67. The molecular weight excluding hydrogens is 336 g/mol. The Morgan fingerprint density at radius 1 is 1.24 bits per heavy atom. The normalized spacial score (nSPS) is 14.0. The van der Waals surface area contributed by atoms with Gasteiger partial charge in [0.1, 0.15) is 17.8 Å². The van der Waals surface area contributed by atoms with Crippen molar-refractivity contribution in [2.45, 2.75) is 43.1 Å². The van der Waals surface area contributed by atoms with E-state index < -0.39 is 0 Å². The first-order valence-corrected chi connectivity index (χ1v) is 9.41. The Hall–Kier alpha value is -2.28. The van der Waals surface area contributed by atoms with Gasteiger partial charge in [-0.05, 0) is 44.0 Å². The Labute approximate surface area is 150 Å². The van der Waals surface area contributed by atoms with Crippen LogP contribution in [0.1, 0.15) is 37.2 Å². The van der Waals surface area contributed by atoms with Crippen molar-refractivity contribution >= 4 is 11.8 Å². The van der Waals surface area contributed by atoms with Crippen molar-refractivity contribution in [1.82, 2.24) is 19.7 Å². The van der Waals surface area contributed by atoms with Crippen LogP contribution in [0.15, 0.2) is 40.1 Å². The summed E-state index contributed by atoms with van der Waals surface area (Å²) in [6.07, 6.45) is 4.18. The van der Waals surface area contributed by atoms with Gasteiger partial charge in [0.05, 0.1) is 12.8 Å². The average Bonchev–Trinajstić information content (AvgIpc) is 3.24. The molecule has 0 bridgehead atoms. The van der Waals surface area contributed by atoms with Crippen LogP contribution < -0.4 is 4.74 Å². The quantitative estimate of drug-likeness (QED) is 0.593. The molecule has 0 aliphatic heterocycles. The van der Waals surface area contributed by atoms with Crippen LogP contribution in [0.25, 0.3) is 11.5 Å². The first-order valence-electron chi connectivity index (χ1n) is 8.43. The Bertz CT molecular complexity index is 852. The predicted octanol–water partition coefficient (Wildman–Crippen LogP) is 4.13. The van der Waals surface area contributed by atoms with Crippen LogP contribution in [0.4, 0.5) is 0 Å². The number of rotatable bonds is 7. The predicted molar refractivity (Wildman–Crippen MR) is 95.7 cm³/mol. The zero-order chi connectivity index (χ0) is 17.2. The minimum absolute atomic E-state index is 0.607. The number of hydrogen-bond donors (Lipinski definition) is 0. The van der Waals surface area contributed by atoms with E-state index in [-0.39, 0.29) is 0 Å². The monoisotopic (exact) mass is 356 g/mol. The molecule has 6 nitrogen and oxygen atoms in total. The maximum Gasteiger partial charge on any atom is 0.226 e. The topological polar surface area (TPSA) is 66.0 Å². The molecule has 0 amide bonds. The molecule has 2 heterocycles. The molecule has 0 atom stereocenters. The lowest BCUT2D eigenvalue weighted by Gasteiger charge is -2.05. The van der Waals surface area contributed by atoms with Crippen molar-refractivity contribution < 1.29 is 9.15 Å². The third-order valence-corrected chi connectivity index (χ3v) is 5.24. The summed E-state index contributed by atoms with van der Waals surface area (Å²) in [5.41, 5.74) is 1.83. The molecule has 130 valence electrons. The summed E-state index contributed by atoms with van der Waals surface area (Å²) in [5.74, 6) is 3.88. The van der Waals surface area contributed by atoms with E-state index >= 15 is 0 Å². The molecule has 2 aromatic heterocycles. The van der Waals surface area contributed by atoms with Gasteiger partial charge in [-0.15, -0.1) is 10.2 Å². The molecule has 1 aromatic carbocycles. The lowest BCUT2D eigenvalue weighted by molar-refractivity contribution is 0.415. The van der Waals surface area contributed by atoms with E-state index in [0.29, 0.717) is 17.6 Å². The Morgan fingerprint density at radius 2 is 2.04 bits per heavy atom. The SMILES string of the molecule is CCn1c(SCc2coc(-c3ccc(OC)cc3)n2)nnc1C1CC1. The number of ether oxygens (including phenoxy) is 1. The number of hydrogen-bond acceptors (Lipinski definition) is 6. The molecule has 4 rings (SSSR count). The van der Waals surface area contributed by atoms with Gasteiger partial charge in [-0.3, -0.25) is 0 Å². The van der Waals surface area contributed by atoms with Gasteiger partial charge in [-0.2, -0.15) is 0 Å². The van der Waals surface area contributed by atoms with Gasteiger partial charge < -0.3 is 13.7 Å². The Morgan fingerprint density at radius 3 is 2.72 bits per heavy atom. The molecule has 1 aliphatic carbocycles. The van der Waals surface area contributed by atoms with Gasteiger partial charge in [0, 0.05) is 23.8 Å².